The van der Waals surface area contributed by atoms with Gasteiger partial charge in [0.1, 0.15) is 12.1 Å². The van der Waals surface area contributed by atoms with Gasteiger partial charge < -0.3 is 10.5 Å². The summed E-state index contributed by atoms with van der Waals surface area (Å²) in [5, 5.41) is 0. The molecule has 86 valence electrons. The van der Waals surface area contributed by atoms with Gasteiger partial charge in [0.25, 0.3) is 0 Å². The van der Waals surface area contributed by atoms with Crippen LogP contribution in [0.4, 0.5) is 0 Å². The first kappa shape index (κ1) is 11.1. The van der Waals surface area contributed by atoms with Crippen LogP contribution in [0.2, 0.25) is 0 Å². The number of hydrogen-bond donors (Lipinski definition) is 1. The Bertz CT molecular complexity index is 346. The van der Waals surface area contributed by atoms with Crippen LogP contribution in [0.25, 0.3) is 0 Å². The van der Waals surface area contributed by atoms with Gasteiger partial charge in [-0.3, -0.25) is 4.79 Å². The highest BCUT2D eigenvalue weighted by atomic mass is 16.5. The lowest BCUT2D eigenvalue weighted by molar-refractivity contribution is -0.154. The average molecular weight is 219 g/mol. The zero-order chi connectivity index (χ0) is 11.4. The van der Waals surface area contributed by atoms with Gasteiger partial charge in [0.2, 0.25) is 0 Å². The van der Waals surface area contributed by atoms with E-state index in [1.807, 2.05) is 30.3 Å². The molecule has 1 aliphatic carbocycles. The highest BCUT2D eigenvalue weighted by molar-refractivity contribution is 5.76. The summed E-state index contributed by atoms with van der Waals surface area (Å²) >= 11 is 0. The maximum absolute atomic E-state index is 11.6. The second kappa shape index (κ2) is 5.12. The van der Waals surface area contributed by atoms with Gasteiger partial charge in [0.05, 0.1) is 0 Å². The molecule has 2 N–H and O–H groups in total. The molecule has 3 nitrogen and oxygen atoms in total. The molecule has 1 atom stereocenters. The quantitative estimate of drug-likeness (QED) is 0.783. The lowest BCUT2D eigenvalue weighted by Crippen LogP contribution is -2.38. The van der Waals surface area contributed by atoms with Gasteiger partial charge in [-0.2, -0.15) is 0 Å². The number of esters is 1. The normalized spacial score (nSPS) is 17.6. The number of ether oxygens (including phenoxy) is 1. The molecule has 1 aromatic carbocycles. The third-order valence-electron chi connectivity index (χ3n) is 2.94. The summed E-state index contributed by atoms with van der Waals surface area (Å²) in [6.45, 7) is 0. The minimum absolute atomic E-state index is 0.120. The van der Waals surface area contributed by atoms with E-state index in [0.29, 0.717) is 6.42 Å². The molecule has 3 heteroatoms. The largest absolute Gasteiger partial charge is 0.461 e. The van der Waals surface area contributed by atoms with Crippen LogP contribution >= 0.6 is 0 Å². The average Bonchev–Trinajstić information content (AvgIpc) is 2.24. The predicted molar refractivity (Wildman–Crippen MR) is 61.9 cm³/mol. The smallest absolute Gasteiger partial charge is 0.323 e. The summed E-state index contributed by atoms with van der Waals surface area (Å²) < 4.78 is 5.26. The number of hydrogen-bond acceptors (Lipinski definition) is 3. The van der Waals surface area contributed by atoms with E-state index >= 15 is 0 Å². The lowest BCUT2D eigenvalue weighted by atomic mass is 9.96. The van der Waals surface area contributed by atoms with Gasteiger partial charge in [-0.25, -0.2) is 0 Å². The van der Waals surface area contributed by atoms with E-state index in [4.69, 9.17) is 10.5 Å². The molecular weight excluding hydrogens is 202 g/mol. The number of nitrogens with two attached hydrogens (primary N) is 1. The van der Waals surface area contributed by atoms with Crippen LogP contribution < -0.4 is 5.73 Å². The van der Waals surface area contributed by atoms with E-state index in [9.17, 15) is 4.79 Å². The number of carbonyl (C=O) groups excluding carboxylic acids is 1. The van der Waals surface area contributed by atoms with Crippen LogP contribution in [-0.2, 0) is 16.0 Å². The maximum Gasteiger partial charge on any atom is 0.323 e. The molecule has 1 fully saturated rings. The molecule has 0 amide bonds. The lowest BCUT2D eigenvalue weighted by Gasteiger charge is -2.26. The Kier molecular flexibility index (Phi) is 3.57. The topological polar surface area (TPSA) is 52.3 Å². The van der Waals surface area contributed by atoms with E-state index in [-0.39, 0.29) is 12.1 Å². The SMILES string of the molecule is N[C@@H](Cc1ccccc1)C(=O)OC1CCC1. The van der Waals surface area contributed by atoms with Crippen molar-refractivity contribution in [2.45, 2.75) is 37.8 Å². The summed E-state index contributed by atoms with van der Waals surface area (Å²) in [7, 11) is 0. The minimum Gasteiger partial charge on any atom is -0.461 e. The zero-order valence-corrected chi connectivity index (χ0v) is 9.26. The van der Waals surface area contributed by atoms with Crippen molar-refractivity contribution >= 4 is 5.97 Å². The van der Waals surface area contributed by atoms with Crippen molar-refractivity contribution < 1.29 is 9.53 Å². The van der Waals surface area contributed by atoms with Crippen molar-refractivity contribution in [2.24, 2.45) is 5.73 Å². The standard InChI is InChI=1S/C13H17NO2/c14-12(9-10-5-2-1-3-6-10)13(15)16-11-7-4-8-11/h1-3,5-6,11-12H,4,7-9,14H2/t12-/m0/s1. The van der Waals surface area contributed by atoms with Crippen molar-refractivity contribution in [3.63, 3.8) is 0 Å². The zero-order valence-electron chi connectivity index (χ0n) is 9.26. The third-order valence-corrected chi connectivity index (χ3v) is 2.94. The molecule has 1 aliphatic rings. The van der Waals surface area contributed by atoms with Crippen LogP contribution in [0.3, 0.4) is 0 Å². The molecule has 1 saturated carbocycles. The van der Waals surface area contributed by atoms with Crippen molar-refractivity contribution in [3.05, 3.63) is 35.9 Å². The molecule has 0 heterocycles. The molecule has 0 bridgehead atoms. The summed E-state index contributed by atoms with van der Waals surface area (Å²) in [4.78, 5) is 11.6. The van der Waals surface area contributed by atoms with Gasteiger partial charge in [-0.15, -0.1) is 0 Å². The van der Waals surface area contributed by atoms with Gasteiger partial charge in [-0.1, -0.05) is 30.3 Å². The maximum atomic E-state index is 11.6. The predicted octanol–water partition coefficient (Wildman–Crippen LogP) is 1.65. The second-order valence-electron chi connectivity index (χ2n) is 4.29. The van der Waals surface area contributed by atoms with Gasteiger partial charge >= 0.3 is 5.97 Å². The Morgan fingerprint density at radius 1 is 1.38 bits per heavy atom. The Labute approximate surface area is 95.6 Å². The van der Waals surface area contributed by atoms with Gasteiger partial charge in [0, 0.05) is 0 Å². The monoisotopic (exact) mass is 219 g/mol. The summed E-state index contributed by atoms with van der Waals surface area (Å²) in [5.74, 6) is -0.270. The van der Waals surface area contributed by atoms with E-state index in [0.717, 1.165) is 24.8 Å². The van der Waals surface area contributed by atoms with Crippen molar-refractivity contribution in [1.29, 1.82) is 0 Å². The number of rotatable bonds is 4. The molecule has 1 aromatic rings. The third kappa shape index (κ3) is 2.83. The molecule has 0 aromatic heterocycles. The number of benzene rings is 1. The van der Waals surface area contributed by atoms with Gasteiger partial charge in [-0.05, 0) is 31.2 Å². The second-order valence-corrected chi connectivity index (χ2v) is 4.29. The van der Waals surface area contributed by atoms with Crippen molar-refractivity contribution in [1.82, 2.24) is 0 Å². The molecular formula is C13H17NO2. The summed E-state index contributed by atoms with van der Waals surface area (Å²) in [6.07, 6.45) is 3.81. The first-order chi connectivity index (χ1) is 7.75. The highest BCUT2D eigenvalue weighted by Gasteiger charge is 2.24. The van der Waals surface area contributed by atoms with Crippen molar-refractivity contribution in [2.75, 3.05) is 0 Å². The molecule has 0 aliphatic heterocycles. The van der Waals surface area contributed by atoms with Crippen LogP contribution in [0.15, 0.2) is 30.3 Å². The molecule has 16 heavy (non-hydrogen) atoms. The van der Waals surface area contributed by atoms with E-state index in [1.54, 1.807) is 0 Å². The van der Waals surface area contributed by atoms with E-state index in [2.05, 4.69) is 0 Å². The summed E-state index contributed by atoms with van der Waals surface area (Å²) in [6, 6.07) is 9.23. The van der Waals surface area contributed by atoms with Crippen LogP contribution in [0, 0.1) is 0 Å². The Hall–Kier alpha value is -1.35. The molecule has 0 spiro atoms. The van der Waals surface area contributed by atoms with E-state index < -0.39 is 6.04 Å². The molecule has 0 unspecified atom stereocenters. The Morgan fingerprint density at radius 3 is 2.62 bits per heavy atom. The molecule has 0 saturated heterocycles. The van der Waals surface area contributed by atoms with Crippen LogP contribution in [0.1, 0.15) is 24.8 Å². The van der Waals surface area contributed by atoms with E-state index in [1.165, 1.54) is 0 Å². The Morgan fingerprint density at radius 2 is 2.06 bits per heavy atom. The fraction of sp³-hybridized carbons (Fsp3) is 0.462. The minimum atomic E-state index is -0.539. The summed E-state index contributed by atoms with van der Waals surface area (Å²) in [5.41, 5.74) is 6.87. The van der Waals surface area contributed by atoms with Gasteiger partial charge in [0.15, 0.2) is 0 Å². The number of carbonyl (C=O) groups is 1. The first-order valence-electron chi connectivity index (χ1n) is 5.75. The molecule has 2 rings (SSSR count). The van der Waals surface area contributed by atoms with Crippen LogP contribution in [-0.4, -0.2) is 18.1 Å². The first-order valence-corrected chi connectivity index (χ1v) is 5.75. The molecule has 0 radical (unpaired) electrons. The Balaban J connectivity index is 1.82. The van der Waals surface area contributed by atoms with Crippen molar-refractivity contribution in [3.8, 4) is 0 Å². The fourth-order valence-corrected chi connectivity index (χ4v) is 1.69. The highest BCUT2D eigenvalue weighted by Crippen LogP contribution is 2.22. The van der Waals surface area contributed by atoms with Crippen LogP contribution in [0.5, 0.6) is 0 Å². The fourth-order valence-electron chi connectivity index (χ4n) is 1.69.